The van der Waals surface area contributed by atoms with Crippen molar-refractivity contribution in [2.75, 3.05) is 19.0 Å². The van der Waals surface area contributed by atoms with Crippen molar-refractivity contribution < 1.29 is 13.9 Å². The van der Waals surface area contributed by atoms with Crippen LogP contribution in [-0.4, -0.2) is 24.5 Å². The zero-order valence-corrected chi connectivity index (χ0v) is 14.9. The van der Waals surface area contributed by atoms with E-state index in [1.54, 1.807) is 37.6 Å². The van der Waals surface area contributed by atoms with E-state index in [1.807, 2.05) is 24.3 Å². The van der Waals surface area contributed by atoms with Gasteiger partial charge >= 0.3 is 0 Å². The number of nitrogens with zero attached hydrogens (tertiary/aromatic N) is 1. The molecule has 0 aliphatic carbocycles. The maximum atomic E-state index is 13.2. The molecule has 0 saturated carbocycles. The molecule has 0 bridgehead atoms. The van der Waals surface area contributed by atoms with Crippen LogP contribution in [0.2, 0.25) is 0 Å². The Kier molecular flexibility index (Phi) is 5.99. The summed E-state index contributed by atoms with van der Waals surface area (Å²) < 4.78 is 18.4. The second kappa shape index (κ2) is 8.80. The van der Waals surface area contributed by atoms with Crippen LogP contribution in [0.25, 0.3) is 0 Å². The van der Waals surface area contributed by atoms with Crippen molar-refractivity contribution in [1.82, 2.24) is 10.3 Å². The Morgan fingerprint density at radius 1 is 1.07 bits per heavy atom. The highest BCUT2D eigenvalue weighted by atomic mass is 19.1. The van der Waals surface area contributed by atoms with Crippen molar-refractivity contribution in [2.24, 2.45) is 0 Å². The van der Waals surface area contributed by atoms with Crippen LogP contribution in [0, 0.1) is 5.82 Å². The number of rotatable bonds is 7. The number of methoxy groups -OCH3 is 1. The Bertz CT molecular complexity index is 913. The number of aromatic nitrogens is 1. The van der Waals surface area contributed by atoms with Gasteiger partial charge < -0.3 is 15.4 Å². The van der Waals surface area contributed by atoms with Gasteiger partial charge in [-0.15, -0.1) is 0 Å². The molecule has 0 spiro atoms. The quantitative estimate of drug-likeness (QED) is 0.666. The molecule has 1 heterocycles. The van der Waals surface area contributed by atoms with E-state index in [9.17, 15) is 9.18 Å². The van der Waals surface area contributed by atoms with Crippen molar-refractivity contribution in [1.29, 1.82) is 0 Å². The summed E-state index contributed by atoms with van der Waals surface area (Å²) in [6.45, 7) is 0.497. The Hall–Kier alpha value is -3.41. The smallest absolute Gasteiger partial charge is 0.269 e. The van der Waals surface area contributed by atoms with Crippen LogP contribution >= 0.6 is 0 Å². The first kappa shape index (κ1) is 18.4. The molecular formula is C21H20FN3O2. The molecule has 0 fully saturated rings. The van der Waals surface area contributed by atoms with Gasteiger partial charge in [-0.05, 0) is 54.4 Å². The molecule has 0 saturated heterocycles. The van der Waals surface area contributed by atoms with Gasteiger partial charge in [-0.25, -0.2) is 9.37 Å². The summed E-state index contributed by atoms with van der Waals surface area (Å²) in [6.07, 6.45) is 2.24. The topological polar surface area (TPSA) is 63.2 Å². The Labute approximate surface area is 157 Å². The van der Waals surface area contributed by atoms with E-state index < -0.39 is 0 Å². The lowest BCUT2D eigenvalue weighted by atomic mass is 10.1. The average molecular weight is 365 g/mol. The van der Waals surface area contributed by atoms with Gasteiger partial charge in [-0.1, -0.05) is 18.2 Å². The highest BCUT2D eigenvalue weighted by Gasteiger charge is 2.07. The van der Waals surface area contributed by atoms with Crippen molar-refractivity contribution in [3.8, 4) is 5.75 Å². The molecule has 0 aliphatic rings. The first-order valence-corrected chi connectivity index (χ1v) is 8.54. The van der Waals surface area contributed by atoms with Crippen LogP contribution in [-0.2, 0) is 6.42 Å². The molecule has 0 atom stereocenters. The number of halogens is 1. The van der Waals surface area contributed by atoms with Crippen LogP contribution in [0.1, 0.15) is 16.1 Å². The highest BCUT2D eigenvalue weighted by molar-refractivity contribution is 5.92. The first-order chi connectivity index (χ1) is 13.1. The third-order valence-corrected chi connectivity index (χ3v) is 3.94. The number of hydrogen-bond donors (Lipinski definition) is 2. The van der Waals surface area contributed by atoms with Crippen LogP contribution in [0.5, 0.6) is 5.75 Å². The maximum absolute atomic E-state index is 13.2. The number of benzene rings is 2. The maximum Gasteiger partial charge on any atom is 0.269 e. The van der Waals surface area contributed by atoms with E-state index >= 15 is 0 Å². The molecule has 1 amide bonds. The predicted octanol–water partition coefficient (Wildman–Crippen LogP) is 3.95. The second-order valence-electron chi connectivity index (χ2n) is 5.92. The van der Waals surface area contributed by atoms with Crippen LogP contribution < -0.4 is 15.4 Å². The first-order valence-electron chi connectivity index (χ1n) is 8.54. The van der Waals surface area contributed by atoms with Gasteiger partial charge in [0.2, 0.25) is 0 Å². The van der Waals surface area contributed by atoms with Gasteiger partial charge in [-0.3, -0.25) is 4.79 Å². The Morgan fingerprint density at radius 3 is 2.67 bits per heavy atom. The van der Waals surface area contributed by atoms with Crippen LogP contribution in [0.4, 0.5) is 15.8 Å². The zero-order chi connectivity index (χ0) is 19.1. The van der Waals surface area contributed by atoms with Crippen LogP contribution in [0.3, 0.4) is 0 Å². The summed E-state index contributed by atoms with van der Waals surface area (Å²) in [5.41, 5.74) is 2.70. The minimum Gasteiger partial charge on any atom is -0.497 e. The molecule has 0 aliphatic heterocycles. The minimum absolute atomic E-state index is 0.241. The fourth-order valence-electron chi connectivity index (χ4n) is 2.57. The molecular weight excluding hydrogens is 345 g/mol. The number of nitrogens with one attached hydrogen (secondary N) is 2. The number of anilines is 2. The molecule has 2 aromatic carbocycles. The lowest BCUT2D eigenvalue weighted by molar-refractivity contribution is 0.0949. The molecule has 3 rings (SSSR count). The van der Waals surface area contributed by atoms with E-state index in [-0.39, 0.29) is 11.7 Å². The lowest BCUT2D eigenvalue weighted by Gasteiger charge is -2.08. The average Bonchev–Trinajstić information content (AvgIpc) is 2.69. The van der Waals surface area contributed by atoms with Gasteiger partial charge in [0.15, 0.2) is 0 Å². The lowest BCUT2D eigenvalue weighted by Crippen LogP contribution is -2.26. The van der Waals surface area contributed by atoms with Crippen molar-refractivity contribution in [2.45, 2.75) is 6.42 Å². The predicted molar refractivity (Wildman–Crippen MR) is 103 cm³/mol. The van der Waals surface area contributed by atoms with Crippen molar-refractivity contribution >= 4 is 17.3 Å². The third kappa shape index (κ3) is 5.28. The molecule has 5 nitrogen and oxygen atoms in total. The van der Waals surface area contributed by atoms with E-state index in [0.29, 0.717) is 30.0 Å². The standard InChI is InChI=1S/C21H20FN3O2/c1-27-19-7-2-4-15(12-19)10-11-23-21(26)20-9-8-18(14-24-20)25-17-6-3-5-16(22)13-17/h2-9,12-14,25H,10-11H2,1H3,(H,23,26). The summed E-state index contributed by atoms with van der Waals surface area (Å²) in [5, 5.41) is 5.89. The van der Waals surface area contributed by atoms with Gasteiger partial charge in [-0.2, -0.15) is 0 Å². The summed E-state index contributed by atoms with van der Waals surface area (Å²) in [5.74, 6) is 0.233. The molecule has 1 aromatic heterocycles. The van der Waals surface area contributed by atoms with E-state index in [4.69, 9.17) is 4.74 Å². The summed E-state index contributed by atoms with van der Waals surface area (Å²) in [4.78, 5) is 16.4. The van der Waals surface area contributed by atoms with Gasteiger partial charge in [0.1, 0.15) is 17.3 Å². The second-order valence-corrected chi connectivity index (χ2v) is 5.92. The molecule has 3 aromatic rings. The number of hydrogen-bond acceptors (Lipinski definition) is 4. The molecule has 0 unspecified atom stereocenters. The van der Waals surface area contributed by atoms with E-state index in [2.05, 4.69) is 15.6 Å². The van der Waals surface area contributed by atoms with Gasteiger partial charge in [0.25, 0.3) is 5.91 Å². The molecule has 6 heteroatoms. The number of ether oxygens (including phenoxy) is 1. The Balaban J connectivity index is 1.52. The number of carbonyl (C=O) groups is 1. The monoisotopic (exact) mass is 365 g/mol. The number of pyridine rings is 1. The van der Waals surface area contributed by atoms with Crippen molar-refractivity contribution in [3.05, 3.63) is 83.9 Å². The van der Waals surface area contributed by atoms with Gasteiger partial charge in [0.05, 0.1) is 19.0 Å². The Morgan fingerprint density at radius 2 is 1.93 bits per heavy atom. The largest absolute Gasteiger partial charge is 0.497 e. The summed E-state index contributed by atoms with van der Waals surface area (Å²) in [6, 6.07) is 17.2. The normalized spacial score (nSPS) is 10.3. The third-order valence-electron chi connectivity index (χ3n) is 3.94. The highest BCUT2D eigenvalue weighted by Crippen LogP contribution is 2.17. The van der Waals surface area contributed by atoms with Crippen LogP contribution in [0.15, 0.2) is 66.9 Å². The molecule has 138 valence electrons. The number of carbonyl (C=O) groups excluding carboxylic acids is 1. The number of amides is 1. The summed E-state index contributed by atoms with van der Waals surface area (Å²) in [7, 11) is 1.62. The van der Waals surface area contributed by atoms with Gasteiger partial charge in [0, 0.05) is 12.2 Å². The fraction of sp³-hybridized carbons (Fsp3) is 0.143. The molecule has 0 radical (unpaired) electrons. The molecule has 2 N–H and O–H groups in total. The van der Waals surface area contributed by atoms with E-state index in [0.717, 1.165) is 11.3 Å². The SMILES string of the molecule is COc1cccc(CCNC(=O)c2ccc(Nc3cccc(F)c3)cn2)c1. The van der Waals surface area contributed by atoms with E-state index in [1.165, 1.54) is 12.1 Å². The zero-order valence-electron chi connectivity index (χ0n) is 14.9. The fourth-order valence-corrected chi connectivity index (χ4v) is 2.57. The molecule has 27 heavy (non-hydrogen) atoms. The van der Waals surface area contributed by atoms with Crippen molar-refractivity contribution in [3.63, 3.8) is 0 Å². The minimum atomic E-state index is -0.319. The summed E-state index contributed by atoms with van der Waals surface area (Å²) >= 11 is 0.